The highest BCUT2D eigenvalue weighted by Gasteiger charge is 2.22. The van der Waals surface area contributed by atoms with Crippen LogP contribution in [0, 0.1) is 10.1 Å². The molecular weight excluding hydrogens is 220 g/mol. The lowest BCUT2D eigenvalue weighted by Crippen LogP contribution is -1.95. The van der Waals surface area contributed by atoms with Gasteiger partial charge in [-0.05, 0) is 4.92 Å². The molecule has 0 aliphatic rings. The summed E-state index contributed by atoms with van der Waals surface area (Å²) in [6.45, 7) is 0. The third-order valence-electron chi connectivity index (χ3n) is 1.79. The number of rotatable bonds is 3. The summed E-state index contributed by atoms with van der Waals surface area (Å²) in [4.78, 5) is 20.4. The standard InChI is InChI=1S/C7H4N4O5/c12-7(13)3-2-8-16-6(3)4-1-5(10-9-4)11(14)15/h1-2H,(H,9,10)(H,12,13). The van der Waals surface area contributed by atoms with Crippen LogP contribution in [0.2, 0.25) is 0 Å². The van der Waals surface area contributed by atoms with Crippen LogP contribution in [-0.4, -0.2) is 31.4 Å². The van der Waals surface area contributed by atoms with E-state index in [1.165, 1.54) is 0 Å². The Hall–Kier alpha value is -2.71. The molecule has 0 aliphatic carbocycles. The number of aromatic carboxylic acids is 1. The largest absolute Gasteiger partial charge is 0.477 e. The van der Waals surface area contributed by atoms with E-state index in [0.717, 1.165) is 12.3 Å². The first kappa shape index (κ1) is 9.83. The molecule has 0 radical (unpaired) electrons. The van der Waals surface area contributed by atoms with E-state index >= 15 is 0 Å². The van der Waals surface area contributed by atoms with Crippen LogP contribution >= 0.6 is 0 Å². The fourth-order valence-corrected chi connectivity index (χ4v) is 1.10. The zero-order valence-electron chi connectivity index (χ0n) is 7.58. The Balaban J connectivity index is 2.46. The minimum atomic E-state index is -1.25. The van der Waals surface area contributed by atoms with Gasteiger partial charge in [0.1, 0.15) is 5.56 Å². The third-order valence-corrected chi connectivity index (χ3v) is 1.79. The minimum Gasteiger partial charge on any atom is -0.477 e. The van der Waals surface area contributed by atoms with Crippen LogP contribution in [-0.2, 0) is 0 Å². The van der Waals surface area contributed by atoms with E-state index in [9.17, 15) is 14.9 Å². The monoisotopic (exact) mass is 224 g/mol. The Morgan fingerprint density at radius 2 is 2.38 bits per heavy atom. The van der Waals surface area contributed by atoms with Gasteiger partial charge in [0.15, 0.2) is 5.69 Å². The van der Waals surface area contributed by atoms with Gasteiger partial charge in [0.2, 0.25) is 5.76 Å². The van der Waals surface area contributed by atoms with E-state index in [2.05, 4.69) is 19.9 Å². The molecule has 0 saturated heterocycles. The van der Waals surface area contributed by atoms with E-state index in [4.69, 9.17) is 5.11 Å². The average molecular weight is 224 g/mol. The number of aromatic nitrogens is 3. The number of carboxylic acids is 1. The van der Waals surface area contributed by atoms with Gasteiger partial charge < -0.3 is 19.7 Å². The summed E-state index contributed by atoms with van der Waals surface area (Å²) in [5.74, 6) is -1.73. The highest BCUT2D eigenvalue weighted by atomic mass is 16.6. The maximum absolute atomic E-state index is 10.7. The summed E-state index contributed by atoms with van der Waals surface area (Å²) in [5, 5.41) is 28.1. The Kier molecular flexibility index (Phi) is 2.12. The molecule has 0 aromatic carbocycles. The number of H-pyrrole nitrogens is 1. The molecule has 2 heterocycles. The molecular formula is C7H4N4O5. The van der Waals surface area contributed by atoms with Crippen molar-refractivity contribution in [3.8, 4) is 11.5 Å². The molecule has 0 amide bonds. The van der Waals surface area contributed by atoms with Crippen LogP contribution < -0.4 is 0 Å². The number of aromatic amines is 1. The van der Waals surface area contributed by atoms with Crippen LogP contribution in [0.1, 0.15) is 10.4 Å². The van der Waals surface area contributed by atoms with E-state index < -0.39 is 10.9 Å². The lowest BCUT2D eigenvalue weighted by Gasteiger charge is -1.88. The average Bonchev–Trinajstić information content (AvgIpc) is 2.86. The maximum atomic E-state index is 10.7. The zero-order valence-corrected chi connectivity index (χ0v) is 7.58. The predicted octanol–water partition coefficient (Wildman–Crippen LogP) is 0.671. The van der Waals surface area contributed by atoms with Gasteiger partial charge in [-0.3, -0.25) is 0 Å². The first-order valence-corrected chi connectivity index (χ1v) is 3.97. The van der Waals surface area contributed by atoms with E-state index in [-0.39, 0.29) is 22.8 Å². The topological polar surface area (TPSA) is 135 Å². The molecule has 2 rings (SSSR count). The normalized spacial score (nSPS) is 10.2. The van der Waals surface area contributed by atoms with E-state index in [1.54, 1.807) is 0 Å². The zero-order chi connectivity index (χ0) is 11.7. The summed E-state index contributed by atoms with van der Waals surface area (Å²) in [6.07, 6.45) is 0.998. The Labute approximate surface area is 86.8 Å². The molecule has 0 saturated carbocycles. The van der Waals surface area contributed by atoms with Crippen LogP contribution in [0.25, 0.3) is 11.5 Å². The van der Waals surface area contributed by atoms with E-state index in [1.807, 2.05) is 0 Å². The number of hydrogen-bond acceptors (Lipinski definition) is 6. The third kappa shape index (κ3) is 1.49. The van der Waals surface area contributed by atoms with Crippen molar-refractivity contribution in [2.24, 2.45) is 0 Å². The fourth-order valence-electron chi connectivity index (χ4n) is 1.10. The summed E-state index contributed by atoms with van der Waals surface area (Å²) in [5.41, 5.74) is -0.192. The van der Waals surface area contributed by atoms with Gasteiger partial charge in [-0.15, -0.1) is 5.10 Å². The van der Waals surface area contributed by atoms with E-state index in [0.29, 0.717) is 0 Å². The van der Waals surface area contributed by atoms with Crippen molar-refractivity contribution in [3.05, 3.63) is 27.9 Å². The Bertz CT molecular complexity index is 557. The molecule has 2 aromatic rings. The van der Waals surface area contributed by atoms with Crippen LogP contribution in [0.5, 0.6) is 0 Å². The van der Waals surface area contributed by atoms with Gasteiger partial charge in [0, 0.05) is 0 Å². The summed E-state index contributed by atoms with van der Waals surface area (Å²) >= 11 is 0. The molecule has 0 fully saturated rings. The highest BCUT2D eigenvalue weighted by molar-refractivity contribution is 5.93. The second kappa shape index (κ2) is 3.46. The molecule has 2 N–H and O–H groups in total. The molecule has 9 heteroatoms. The lowest BCUT2D eigenvalue weighted by molar-refractivity contribution is -0.389. The van der Waals surface area contributed by atoms with Crippen molar-refractivity contribution < 1.29 is 19.3 Å². The lowest BCUT2D eigenvalue weighted by atomic mass is 10.2. The second-order valence-electron chi connectivity index (χ2n) is 2.77. The van der Waals surface area contributed by atoms with Crippen LogP contribution in [0.3, 0.4) is 0 Å². The number of carboxylic acid groups (broad SMARTS) is 1. The summed E-state index contributed by atoms with van der Waals surface area (Å²) < 4.78 is 4.67. The van der Waals surface area contributed by atoms with Gasteiger partial charge >= 0.3 is 11.8 Å². The van der Waals surface area contributed by atoms with Crippen molar-refractivity contribution in [2.75, 3.05) is 0 Å². The smallest absolute Gasteiger partial charge is 0.343 e. The minimum absolute atomic E-state index is 0.0154. The molecule has 0 spiro atoms. The molecule has 0 atom stereocenters. The van der Waals surface area contributed by atoms with Crippen molar-refractivity contribution in [3.63, 3.8) is 0 Å². The van der Waals surface area contributed by atoms with Gasteiger partial charge in [0.25, 0.3) is 0 Å². The Morgan fingerprint density at radius 1 is 1.62 bits per heavy atom. The van der Waals surface area contributed by atoms with Gasteiger partial charge in [-0.25, -0.2) is 4.79 Å². The number of nitro groups is 1. The quantitative estimate of drug-likeness (QED) is 0.577. The van der Waals surface area contributed by atoms with Crippen molar-refractivity contribution >= 4 is 11.8 Å². The van der Waals surface area contributed by atoms with Gasteiger partial charge in [-0.1, -0.05) is 10.3 Å². The maximum Gasteiger partial charge on any atom is 0.343 e. The van der Waals surface area contributed by atoms with Crippen molar-refractivity contribution in [1.29, 1.82) is 0 Å². The van der Waals surface area contributed by atoms with Gasteiger partial charge in [0.05, 0.1) is 12.3 Å². The first-order valence-electron chi connectivity index (χ1n) is 3.97. The SMILES string of the molecule is O=C(O)c1cnoc1-c1cc([N+](=O)[O-])[nH]n1. The summed E-state index contributed by atoms with van der Waals surface area (Å²) in [7, 11) is 0. The number of nitrogens with one attached hydrogen (secondary N) is 1. The highest BCUT2D eigenvalue weighted by Crippen LogP contribution is 2.24. The Morgan fingerprint density at radius 3 is 2.94 bits per heavy atom. The molecule has 0 bridgehead atoms. The van der Waals surface area contributed by atoms with Gasteiger partial charge in [-0.2, -0.15) is 0 Å². The summed E-state index contributed by atoms with van der Waals surface area (Å²) in [6, 6.07) is 1.06. The predicted molar refractivity (Wildman–Crippen MR) is 47.7 cm³/mol. The molecule has 16 heavy (non-hydrogen) atoms. The number of nitrogens with zero attached hydrogens (tertiary/aromatic N) is 3. The fraction of sp³-hybridized carbons (Fsp3) is 0. The molecule has 2 aromatic heterocycles. The molecule has 0 unspecified atom stereocenters. The van der Waals surface area contributed by atoms with Crippen LogP contribution in [0.15, 0.2) is 16.8 Å². The second-order valence-corrected chi connectivity index (χ2v) is 2.77. The number of hydrogen-bond donors (Lipinski definition) is 2. The molecule has 0 aliphatic heterocycles. The number of carbonyl (C=O) groups is 1. The van der Waals surface area contributed by atoms with Crippen LogP contribution in [0.4, 0.5) is 5.82 Å². The molecule has 82 valence electrons. The van der Waals surface area contributed by atoms with Crippen molar-refractivity contribution in [2.45, 2.75) is 0 Å². The first-order chi connectivity index (χ1) is 7.59. The van der Waals surface area contributed by atoms with Crippen molar-refractivity contribution in [1.82, 2.24) is 15.4 Å². The molecule has 9 nitrogen and oxygen atoms in total.